The normalized spacial score (nSPS) is 12.1. The van der Waals surface area contributed by atoms with Crippen LogP contribution in [0, 0.1) is 0 Å². The second-order valence-electron chi connectivity index (χ2n) is 2.80. The number of nitrogens with one attached hydrogen (secondary N) is 1. The maximum Gasteiger partial charge on any atom is 0.261 e. The average Bonchev–Trinajstić information content (AvgIpc) is 2.41. The van der Waals surface area contributed by atoms with E-state index in [-0.39, 0.29) is 4.90 Å². The Hall–Kier alpha value is -0.710. The van der Waals surface area contributed by atoms with Gasteiger partial charge in [-0.2, -0.15) is 0 Å². The summed E-state index contributed by atoms with van der Waals surface area (Å²) in [7, 11) is 1.52. The molecule has 14 heavy (non-hydrogen) atoms. The van der Waals surface area contributed by atoms with Gasteiger partial charge in [0.15, 0.2) is 0 Å². The zero-order valence-electron chi connectivity index (χ0n) is 6.79. The standard InChI is InChI=1S/C8H5Cl2NO2S/c9-8-3-5-1-2-6(14(10,12)13)4-7(5)11-8/h1-4,11H. The summed E-state index contributed by atoms with van der Waals surface area (Å²) in [6.07, 6.45) is 0. The van der Waals surface area contributed by atoms with Gasteiger partial charge in [0.1, 0.15) is 5.15 Å². The van der Waals surface area contributed by atoms with E-state index in [1.54, 1.807) is 12.1 Å². The molecule has 1 N–H and O–H groups in total. The number of fused-ring (bicyclic) bond motifs is 1. The van der Waals surface area contributed by atoms with Crippen LogP contribution < -0.4 is 0 Å². The molecule has 0 aliphatic carbocycles. The molecule has 0 saturated heterocycles. The van der Waals surface area contributed by atoms with E-state index in [1.807, 2.05) is 0 Å². The van der Waals surface area contributed by atoms with Crippen LogP contribution in [-0.4, -0.2) is 13.4 Å². The first kappa shape index (κ1) is 9.83. The number of aromatic nitrogens is 1. The van der Waals surface area contributed by atoms with Crippen LogP contribution in [0.1, 0.15) is 0 Å². The fourth-order valence-corrected chi connectivity index (χ4v) is 2.22. The maximum absolute atomic E-state index is 11.0. The Balaban J connectivity index is 2.74. The number of hydrogen-bond acceptors (Lipinski definition) is 2. The van der Waals surface area contributed by atoms with Crippen molar-refractivity contribution in [2.45, 2.75) is 4.90 Å². The van der Waals surface area contributed by atoms with Crippen molar-refractivity contribution in [2.24, 2.45) is 0 Å². The average molecular weight is 250 g/mol. The monoisotopic (exact) mass is 249 g/mol. The van der Waals surface area contributed by atoms with Crippen LogP contribution in [0.4, 0.5) is 0 Å². The van der Waals surface area contributed by atoms with Gasteiger partial charge in [-0.1, -0.05) is 17.7 Å². The van der Waals surface area contributed by atoms with Crippen molar-refractivity contribution >= 4 is 42.2 Å². The Morgan fingerprint density at radius 1 is 1.21 bits per heavy atom. The van der Waals surface area contributed by atoms with Crippen molar-refractivity contribution in [3.63, 3.8) is 0 Å². The van der Waals surface area contributed by atoms with E-state index < -0.39 is 9.05 Å². The van der Waals surface area contributed by atoms with Gasteiger partial charge in [0, 0.05) is 21.6 Å². The van der Waals surface area contributed by atoms with Crippen LogP contribution in [0.2, 0.25) is 5.15 Å². The second-order valence-corrected chi connectivity index (χ2v) is 5.78. The lowest BCUT2D eigenvalue weighted by Crippen LogP contribution is -1.89. The SMILES string of the molecule is O=S(=O)(Cl)c1ccc2cc(Cl)[nH]c2c1. The Bertz CT molecular complexity index is 588. The van der Waals surface area contributed by atoms with Gasteiger partial charge in [-0.25, -0.2) is 8.42 Å². The van der Waals surface area contributed by atoms with Crippen LogP contribution in [0.3, 0.4) is 0 Å². The molecule has 2 aromatic rings. The van der Waals surface area contributed by atoms with E-state index in [4.69, 9.17) is 22.3 Å². The van der Waals surface area contributed by atoms with Gasteiger partial charge < -0.3 is 4.98 Å². The summed E-state index contributed by atoms with van der Waals surface area (Å²) in [5.41, 5.74) is 0.650. The fourth-order valence-electron chi connectivity index (χ4n) is 1.22. The minimum Gasteiger partial charge on any atom is -0.346 e. The summed E-state index contributed by atoms with van der Waals surface area (Å²) in [4.78, 5) is 2.87. The lowest BCUT2D eigenvalue weighted by atomic mass is 10.2. The largest absolute Gasteiger partial charge is 0.346 e. The molecule has 0 amide bonds. The lowest BCUT2D eigenvalue weighted by Gasteiger charge is -1.95. The third kappa shape index (κ3) is 1.73. The fraction of sp³-hybridized carbons (Fsp3) is 0. The molecular weight excluding hydrogens is 245 g/mol. The van der Waals surface area contributed by atoms with E-state index in [1.165, 1.54) is 12.1 Å². The van der Waals surface area contributed by atoms with Gasteiger partial charge in [0.25, 0.3) is 9.05 Å². The Morgan fingerprint density at radius 2 is 1.93 bits per heavy atom. The van der Waals surface area contributed by atoms with Crippen LogP contribution in [0.25, 0.3) is 10.9 Å². The molecule has 0 fully saturated rings. The van der Waals surface area contributed by atoms with E-state index in [2.05, 4.69) is 4.98 Å². The number of aromatic amines is 1. The Morgan fingerprint density at radius 3 is 2.57 bits per heavy atom. The van der Waals surface area contributed by atoms with Crippen molar-refractivity contribution in [1.29, 1.82) is 0 Å². The van der Waals surface area contributed by atoms with Crippen LogP contribution in [-0.2, 0) is 9.05 Å². The minimum atomic E-state index is -3.68. The van der Waals surface area contributed by atoms with Gasteiger partial charge in [-0.15, -0.1) is 0 Å². The lowest BCUT2D eigenvalue weighted by molar-refractivity contribution is 0.609. The molecule has 3 nitrogen and oxygen atoms in total. The molecule has 0 atom stereocenters. The number of benzene rings is 1. The molecule has 0 unspecified atom stereocenters. The zero-order chi connectivity index (χ0) is 10.3. The summed E-state index contributed by atoms with van der Waals surface area (Å²) < 4.78 is 22.0. The van der Waals surface area contributed by atoms with Crippen molar-refractivity contribution in [1.82, 2.24) is 4.98 Å². The van der Waals surface area contributed by atoms with Crippen LogP contribution >= 0.6 is 22.3 Å². The maximum atomic E-state index is 11.0. The summed E-state index contributed by atoms with van der Waals surface area (Å²) in [5, 5.41) is 1.31. The molecule has 0 saturated carbocycles. The number of H-pyrrole nitrogens is 1. The predicted octanol–water partition coefficient (Wildman–Crippen LogP) is 2.75. The van der Waals surface area contributed by atoms with Gasteiger partial charge in [-0.05, 0) is 18.2 Å². The highest BCUT2D eigenvalue weighted by molar-refractivity contribution is 8.13. The molecule has 0 radical (unpaired) electrons. The first-order valence-electron chi connectivity index (χ1n) is 3.70. The van der Waals surface area contributed by atoms with Gasteiger partial charge in [0.05, 0.1) is 4.90 Å². The first-order valence-corrected chi connectivity index (χ1v) is 6.38. The van der Waals surface area contributed by atoms with E-state index in [0.29, 0.717) is 10.7 Å². The quantitative estimate of drug-likeness (QED) is 0.791. The molecule has 1 heterocycles. The summed E-state index contributed by atoms with van der Waals surface area (Å²) in [6, 6.07) is 6.24. The predicted molar refractivity (Wildman–Crippen MR) is 56.3 cm³/mol. The van der Waals surface area contributed by atoms with Crippen molar-refractivity contribution in [3.05, 3.63) is 29.4 Å². The summed E-state index contributed by atoms with van der Waals surface area (Å²) >= 11 is 5.71. The highest BCUT2D eigenvalue weighted by Crippen LogP contribution is 2.23. The van der Waals surface area contributed by atoms with Crippen molar-refractivity contribution in [3.8, 4) is 0 Å². The van der Waals surface area contributed by atoms with E-state index in [9.17, 15) is 8.42 Å². The van der Waals surface area contributed by atoms with E-state index in [0.717, 1.165) is 5.39 Å². The topological polar surface area (TPSA) is 49.9 Å². The van der Waals surface area contributed by atoms with Crippen LogP contribution in [0.15, 0.2) is 29.2 Å². The Kier molecular flexibility index (Phi) is 2.21. The molecule has 0 spiro atoms. The zero-order valence-corrected chi connectivity index (χ0v) is 9.12. The highest BCUT2D eigenvalue weighted by atomic mass is 35.7. The smallest absolute Gasteiger partial charge is 0.261 e. The minimum absolute atomic E-state index is 0.0604. The van der Waals surface area contributed by atoms with Gasteiger partial charge in [-0.3, -0.25) is 0 Å². The molecule has 0 aliphatic heterocycles. The number of rotatable bonds is 1. The van der Waals surface area contributed by atoms with E-state index >= 15 is 0 Å². The van der Waals surface area contributed by atoms with Crippen molar-refractivity contribution < 1.29 is 8.42 Å². The third-order valence-electron chi connectivity index (χ3n) is 1.84. The van der Waals surface area contributed by atoms with Crippen molar-refractivity contribution in [2.75, 3.05) is 0 Å². The highest BCUT2D eigenvalue weighted by Gasteiger charge is 2.10. The third-order valence-corrected chi connectivity index (χ3v) is 3.40. The Labute approximate surface area is 90.1 Å². The molecule has 6 heteroatoms. The number of hydrogen-bond donors (Lipinski definition) is 1. The first-order chi connectivity index (χ1) is 6.47. The number of halogens is 2. The molecule has 0 bridgehead atoms. The van der Waals surface area contributed by atoms with Gasteiger partial charge in [0.2, 0.25) is 0 Å². The molecule has 1 aromatic carbocycles. The second kappa shape index (κ2) is 3.15. The molecule has 0 aliphatic rings. The molecule has 2 rings (SSSR count). The molecular formula is C8H5Cl2NO2S. The van der Waals surface area contributed by atoms with Crippen LogP contribution in [0.5, 0.6) is 0 Å². The van der Waals surface area contributed by atoms with Gasteiger partial charge >= 0.3 is 0 Å². The molecule has 74 valence electrons. The summed E-state index contributed by atoms with van der Waals surface area (Å²) in [5.74, 6) is 0. The summed E-state index contributed by atoms with van der Waals surface area (Å²) in [6.45, 7) is 0. The molecule has 1 aromatic heterocycles.